The molecule has 0 spiro atoms. The molecule has 1 aromatic rings. The first-order valence-electron chi connectivity index (χ1n) is 5.33. The van der Waals surface area contributed by atoms with Gasteiger partial charge in [0.05, 0.1) is 4.91 Å². The fourth-order valence-electron chi connectivity index (χ4n) is 1.57. The third kappa shape index (κ3) is 2.71. The third-order valence-corrected chi connectivity index (χ3v) is 4.91. The minimum absolute atomic E-state index is 0.895. The van der Waals surface area contributed by atoms with Crippen LogP contribution in [0, 0.1) is 6.92 Å². The molecule has 0 unspecified atom stereocenters. The fraction of sp³-hybridized carbons (Fsp3) is 0.308. The van der Waals surface area contributed by atoms with Crippen LogP contribution in [-0.2, 0) is 4.79 Å². The summed E-state index contributed by atoms with van der Waals surface area (Å²) in [6.07, 6.45) is 2.17. The molecule has 16 heavy (non-hydrogen) atoms. The lowest BCUT2D eigenvalue weighted by Crippen LogP contribution is -1.87. The van der Waals surface area contributed by atoms with E-state index in [9.17, 15) is 4.79 Å². The molecule has 0 saturated carbocycles. The average molecular weight is 250 g/mol. The lowest BCUT2D eigenvalue weighted by Gasteiger charge is -2.07. The van der Waals surface area contributed by atoms with E-state index in [4.69, 9.17) is 0 Å². The zero-order valence-corrected chi connectivity index (χ0v) is 10.9. The van der Waals surface area contributed by atoms with Crippen LogP contribution in [0.2, 0.25) is 0 Å². The Bertz CT molecular complexity index is 406. The van der Waals surface area contributed by atoms with Crippen molar-refractivity contribution in [1.29, 1.82) is 0 Å². The molecule has 0 amide bonds. The van der Waals surface area contributed by atoms with Gasteiger partial charge in [-0.25, -0.2) is 0 Å². The molecular formula is C13H14OS2. The second kappa shape index (κ2) is 5.60. The van der Waals surface area contributed by atoms with Crippen LogP contribution in [0.25, 0.3) is 4.91 Å². The maximum Gasteiger partial charge on any atom is 0.157 e. The molecule has 3 heteroatoms. The molecule has 84 valence electrons. The number of hydrogen-bond acceptors (Lipinski definition) is 3. The monoisotopic (exact) mass is 250 g/mol. The molecule has 1 heterocycles. The van der Waals surface area contributed by atoms with E-state index in [1.807, 2.05) is 0 Å². The van der Waals surface area contributed by atoms with Gasteiger partial charge in [-0.2, -0.15) is 0 Å². The zero-order chi connectivity index (χ0) is 11.4. The summed E-state index contributed by atoms with van der Waals surface area (Å²) in [5.41, 5.74) is 2.43. The minimum Gasteiger partial charge on any atom is -0.297 e. The van der Waals surface area contributed by atoms with Crippen molar-refractivity contribution < 1.29 is 4.79 Å². The first-order valence-corrected chi connectivity index (χ1v) is 7.30. The maximum absolute atomic E-state index is 11.1. The van der Waals surface area contributed by atoms with Gasteiger partial charge in [0.15, 0.2) is 6.29 Å². The van der Waals surface area contributed by atoms with E-state index in [0.717, 1.165) is 27.6 Å². The van der Waals surface area contributed by atoms with E-state index in [1.165, 1.54) is 17.5 Å². The van der Waals surface area contributed by atoms with Crippen LogP contribution in [0.15, 0.2) is 29.2 Å². The van der Waals surface area contributed by atoms with Gasteiger partial charge in [-0.3, -0.25) is 4.79 Å². The Labute approximate surface area is 105 Å². The predicted octanol–water partition coefficient (Wildman–Crippen LogP) is 3.73. The van der Waals surface area contributed by atoms with Crippen LogP contribution >= 0.6 is 23.5 Å². The molecule has 0 aromatic heterocycles. The molecule has 2 rings (SSSR count). The topological polar surface area (TPSA) is 17.1 Å². The van der Waals surface area contributed by atoms with E-state index in [2.05, 4.69) is 31.2 Å². The quantitative estimate of drug-likeness (QED) is 0.744. The van der Waals surface area contributed by atoms with Crippen LogP contribution in [0.3, 0.4) is 0 Å². The Balaban J connectivity index is 2.38. The summed E-state index contributed by atoms with van der Waals surface area (Å²) in [4.78, 5) is 13.1. The zero-order valence-electron chi connectivity index (χ0n) is 9.23. The second-order valence-electron chi connectivity index (χ2n) is 3.73. The molecular weight excluding hydrogens is 236 g/mol. The molecule has 0 N–H and O–H groups in total. The molecule has 0 saturated heterocycles. The fourth-order valence-corrected chi connectivity index (χ4v) is 3.92. The molecule has 0 aliphatic carbocycles. The van der Waals surface area contributed by atoms with E-state index in [-0.39, 0.29) is 0 Å². The highest BCUT2D eigenvalue weighted by atomic mass is 32.2. The van der Waals surface area contributed by atoms with E-state index < -0.39 is 0 Å². The largest absolute Gasteiger partial charge is 0.297 e. The van der Waals surface area contributed by atoms with Gasteiger partial charge in [-0.1, -0.05) is 29.8 Å². The Morgan fingerprint density at radius 2 is 1.81 bits per heavy atom. The highest BCUT2D eigenvalue weighted by Gasteiger charge is 2.13. The molecule has 0 fully saturated rings. The lowest BCUT2D eigenvalue weighted by molar-refractivity contribution is -0.104. The van der Waals surface area contributed by atoms with E-state index >= 15 is 0 Å². The Kier molecular flexibility index (Phi) is 4.13. The number of aryl methyl sites for hydroxylation is 1. The molecule has 1 nitrogen and oxygen atoms in total. The van der Waals surface area contributed by atoms with Gasteiger partial charge < -0.3 is 0 Å². The van der Waals surface area contributed by atoms with Crippen molar-refractivity contribution in [3.63, 3.8) is 0 Å². The summed E-state index contributed by atoms with van der Waals surface area (Å²) in [6.45, 7) is 2.08. The first-order chi connectivity index (χ1) is 7.81. The smallest absolute Gasteiger partial charge is 0.157 e. The van der Waals surface area contributed by atoms with E-state index in [0.29, 0.717) is 0 Å². The maximum atomic E-state index is 11.1. The Morgan fingerprint density at radius 3 is 2.50 bits per heavy atom. The van der Waals surface area contributed by atoms with Crippen molar-refractivity contribution >= 4 is 34.7 Å². The number of carbonyl (C=O) groups excluding carboxylic acids is 1. The van der Waals surface area contributed by atoms with Gasteiger partial charge >= 0.3 is 0 Å². The summed E-state index contributed by atoms with van der Waals surface area (Å²) >= 11 is 3.49. The van der Waals surface area contributed by atoms with Crippen molar-refractivity contribution in [2.75, 3.05) is 11.5 Å². The number of carbonyl (C=O) groups is 1. The van der Waals surface area contributed by atoms with Gasteiger partial charge in [0.2, 0.25) is 0 Å². The van der Waals surface area contributed by atoms with Crippen molar-refractivity contribution in [2.45, 2.75) is 13.3 Å². The molecule has 0 atom stereocenters. The van der Waals surface area contributed by atoms with Crippen molar-refractivity contribution in [2.24, 2.45) is 0 Å². The number of hydrogen-bond donors (Lipinski definition) is 0. The molecule has 1 aromatic carbocycles. The van der Waals surface area contributed by atoms with Crippen LogP contribution in [0.5, 0.6) is 0 Å². The summed E-state index contributed by atoms with van der Waals surface area (Å²) in [5.74, 6) is 2.16. The van der Waals surface area contributed by atoms with Crippen LogP contribution < -0.4 is 0 Å². The highest BCUT2D eigenvalue weighted by molar-refractivity contribution is 8.11. The molecule has 0 radical (unpaired) electrons. The van der Waals surface area contributed by atoms with Crippen LogP contribution in [-0.4, -0.2) is 17.8 Å². The number of aldehydes is 1. The number of rotatable bonds is 2. The summed E-state index contributed by atoms with van der Waals surface area (Å²) in [5, 5.41) is 0. The van der Waals surface area contributed by atoms with Crippen LogP contribution in [0.4, 0.5) is 0 Å². The number of benzene rings is 1. The summed E-state index contributed by atoms with van der Waals surface area (Å²) in [7, 11) is 0. The van der Waals surface area contributed by atoms with Gasteiger partial charge in [0.1, 0.15) is 0 Å². The molecule has 1 aliphatic rings. The summed E-state index contributed by atoms with van der Waals surface area (Å²) < 4.78 is 0. The van der Waals surface area contributed by atoms with Gasteiger partial charge in [0.25, 0.3) is 0 Å². The molecule has 1 aliphatic heterocycles. The first kappa shape index (κ1) is 11.8. The Hall–Kier alpha value is -0.670. The Morgan fingerprint density at radius 1 is 1.12 bits per heavy atom. The van der Waals surface area contributed by atoms with Gasteiger partial charge in [-0.15, -0.1) is 23.5 Å². The molecule has 0 bridgehead atoms. The standard InChI is InChI=1S/C13H14OS2/c1-10-3-5-11(6-4-10)13-12(9-14)15-7-2-8-16-13/h3-6,9H,2,7-8H2,1H3. The van der Waals surface area contributed by atoms with Crippen LogP contribution in [0.1, 0.15) is 17.5 Å². The van der Waals surface area contributed by atoms with E-state index in [1.54, 1.807) is 23.5 Å². The normalized spacial score (nSPS) is 17.1. The van der Waals surface area contributed by atoms with Crippen molar-refractivity contribution in [3.8, 4) is 0 Å². The SMILES string of the molecule is Cc1ccc(C2=C(C=O)SCCCS2)cc1. The third-order valence-electron chi connectivity index (χ3n) is 2.44. The second-order valence-corrected chi connectivity index (χ2v) is 5.97. The minimum atomic E-state index is 0.895. The van der Waals surface area contributed by atoms with Gasteiger partial charge in [-0.05, 0) is 30.4 Å². The average Bonchev–Trinajstić information content (AvgIpc) is 2.55. The van der Waals surface area contributed by atoms with Crippen molar-refractivity contribution in [1.82, 2.24) is 0 Å². The highest BCUT2D eigenvalue weighted by Crippen LogP contribution is 2.38. The van der Waals surface area contributed by atoms with Gasteiger partial charge in [0, 0.05) is 4.91 Å². The number of thioether (sulfide) groups is 2. The predicted molar refractivity (Wildman–Crippen MR) is 73.7 cm³/mol. The number of allylic oxidation sites excluding steroid dienone is 1. The van der Waals surface area contributed by atoms with Crippen molar-refractivity contribution in [3.05, 3.63) is 40.3 Å². The lowest BCUT2D eigenvalue weighted by atomic mass is 10.1. The summed E-state index contributed by atoms with van der Waals surface area (Å²) in [6, 6.07) is 8.40.